The van der Waals surface area contributed by atoms with Gasteiger partial charge in [-0.05, 0) is 48.5 Å². The Morgan fingerprint density at radius 3 is 2.37 bits per heavy atom. The van der Waals surface area contributed by atoms with Crippen LogP contribution in [0.1, 0.15) is 21.7 Å². The molecule has 0 aliphatic heterocycles. The van der Waals surface area contributed by atoms with E-state index in [1.54, 1.807) is 30.3 Å². The maximum atomic E-state index is 12.5. The van der Waals surface area contributed by atoms with Crippen LogP contribution in [0.15, 0.2) is 68.8 Å². The minimum absolute atomic E-state index is 0.206. The van der Waals surface area contributed by atoms with Gasteiger partial charge in [0.15, 0.2) is 11.5 Å². The van der Waals surface area contributed by atoms with Gasteiger partial charge in [0, 0.05) is 21.7 Å². The number of amides is 2. The number of esters is 1. The third kappa shape index (κ3) is 7.71. The number of hydrazone groups is 1. The molecule has 0 spiro atoms. The van der Waals surface area contributed by atoms with Gasteiger partial charge in [0.1, 0.15) is 11.5 Å². The number of methoxy groups -OCH3 is 3. The highest BCUT2D eigenvalue weighted by molar-refractivity contribution is 9.10. The van der Waals surface area contributed by atoms with Crippen LogP contribution in [0.25, 0.3) is 6.08 Å². The van der Waals surface area contributed by atoms with Crippen LogP contribution in [0, 0.1) is 0 Å². The molecule has 38 heavy (non-hydrogen) atoms. The van der Waals surface area contributed by atoms with Crippen LogP contribution >= 0.6 is 15.9 Å². The van der Waals surface area contributed by atoms with E-state index in [1.165, 1.54) is 58.1 Å². The molecule has 1 heterocycles. The molecule has 198 valence electrons. The Balaban J connectivity index is 1.58. The summed E-state index contributed by atoms with van der Waals surface area (Å²) < 4.78 is 26.9. The largest absolute Gasteiger partial charge is 0.493 e. The Morgan fingerprint density at radius 1 is 1.00 bits per heavy atom. The molecule has 3 aromatic rings. The van der Waals surface area contributed by atoms with Gasteiger partial charge in [0.2, 0.25) is 5.75 Å². The van der Waals surface area contributed by atoms with Gasteiger partial charge in [-0.2, -0.15) is 5.10 Å². The van der Waals surface area contributed by atoms with E-state index in [9.17, 15) is 14.4 Å². The minimum Gasteiger partial charge on any atom is -0.493 e. The van der Waals surface area contributed by atoms with Crippen molar-refractivity contribution in [3.63, 3.8) is 0 Å². The van der Waals surface area contributed by atoms with E-state index < -0.39 is 17.8 Å². The van der Waals surface area contributed by atoms with E-state index in [2.05, 4.69) is 31.8 Å². The van der Waals surface area contributed by atoms with Crippen LogP contribution in [0.4, 0.5) is 0 Å². The molecule has 0 fully saturated rings. The van der Waals surface area contributed by atoms with Gasteiger partial charge in [-0.25, -0.2) is 10.2 Å². The highest BCUT2D eigenvalue weighted by Crippen LogP contribution is 2.38. The number of ether oxygens (including phenoxy) is 4. The lowest BCUT2D eigenvalue weighted by molar-refractivity contribution is -0.129. The number of halogens is 1. The number of carbonyl (C=O) groups is 3. The molecule has 0 saturated heterocycles. The Morgan fingerprint density at radius 2 is 1.74 bits per heavy atom. The van der Waals surface area contributed by atoms with Gasteiger partial charge < -0.3 is 28.7 Å². The molecule has 12 heteroatoms. The molecule has 2 N–H and O–H groups in total. The molecular formula is C26H24BrN3O8. The normalized spacial score (nSPS) is 10.8. The molecule has 0 bridgehead atoms. The number of rotatable bonds is 11. The standard InChI is InChI=1S/C26H24BrN3O8/c1-34-21-12-16(13-22(35-2)25(21)36-3)26(33)28-15-23(31)30-29-14-17-11-18(27)6-8-20(17)38-24(32)9-7-19-5-4-10-37-19/h4-14H,15H2,1-3H3,(H,28,33)(H,30,31)/b9-7+,29-14-. The van der Waals surface area contributed by atoms with Gasteiger partial charge in [-0.15, -0.1) is 0 Å². The van der Waals surface area contributed by atoms with Crippen molar-refractivity contribution in [1.29, 1.82) is 0 Å². The predicted molar refractivity (Wildman–Crippen MR) is 142 cm³/mol. The molecule has 0 unspecified atom stereocenters. The SMILES string of the molecule is COc1cc(C(=O)NCC(=O)N/N=C\c2cc(Br)ccc2OC(=O)/C=C/c2ccco2)cc(OC)c1OC. The van der Waals surface area contributed by atoms with Gasteiger partial charge in [-0.1, -0.05) is 15.9 Å². The lowest BCUT2D eigenvalue weighted by Gasteiger charge is -2.14. The van der Waals surface area contributed by atoms with E-state index in [0.29, 0.717) is 33.0 Å². The Kier molecular flexibility index (Phi) is 10.1. The zero-order valence-electron chi connectivity index (χ0n) is 20.6. The highest BCUT2D eigenvalue weighted by atomic mass is 79.9. The molecule has 0 atom stereocenters. The molecule has 0 radical (unpaired) electrons. The summed E-state index contributed by atoms with van der Waals surface area (Å²) in [4.78, 5) is 36.9. The van der Waals surface area contributed by atoms with Crippen LogP contribution in [0.2, 0.25) is 0 Å². The molecular weight excluding hydrogens is 562 g/mol. The summed E-state index contributed by atoms with van der Waals surface area (Å²) in [7, 11) is 4.31. The van der Waals surface area contributed by atoms with Crippen LogP contribution in [-0.2, 0) is 9.59 Å². The van der Waals surface area contributed by atoms with E-state index in [4.69, 9.17) is 23.4 Å². The smallest absolute Gasteiger partial charge is 0.336 e. The molecule has 2 amide bonds. The number of hydrogen-bond donors (Lipinski definition) is 2. The molecule has 0 saturated carbocycles. The first-order valence-electron chi connectivity index (χ1n) is 11.0. The molecule has 0 aliphatic carbocycles. The first kappa shape index (κ1) is 28.0. The van der Waals surface area contributed by atoms with Crippen molar-refractivity contribution in [2.24, 2.45) is 5.10 Å². The number of benzene rings is 2. The topological polar surface area (TPSA) is 138 Å². The van der Waals surface area contributed by atoms with Gasteiger partial charge >= 0.3 is 5.97 Å². The quantitative estimate of drug-likeness (QED) is 0.114. The second kappa shape index (κ2) is 13.7. The Bertz CT molecular complexity index is 1330. The van der Waals surface area contributed by atoms with Crippen LogP contribution in [0.3, 0.4) is 0 Å². The van der Waals surface area contributed by atoms with E-state index in [-0.39, 0.29) is 17.9 Å². The molecule has 3 rings (SSSR count). The van der Waals surface area contributed by atoms with Crippen molar-refractivity contribution < 1.29 is 37.7 Å². The monoisotopic (exact) mass is 585 g/mol. The van der Waals surface area contributed by atoms with Crippen LogP contribution in [0.5, 0.6) is 23.0 Å². The van der Waals surface area contributed by atoms with Gasteiger partial charge in [0.25, 0.3) is 11.8 Å². The summed E-state index contributed by atoms with van der Waals surface area (Å²) in [6.07, 6.45) is 5.49. The van der Waals surface area contributed by atoms with E-state index >= 15 is 0 Å². The van der Waals surface area contributed by atoms with Crippen molar-refractivity contribution in [3.8, 4) is 23.0 Å². The lowest BCUT2D eigenvalue weighted by Crippen LogP contribution is -2.35. The molecule has 2 aromatic carbocycles. The fourth-order valence-corrected chi connectivity index (χ4v) is 3.46. The van der Waals surface area contributed by atoms with Gasteiger partial charge in [-0.3, -0.25) is 9.59 Å². The zero-order chi connectivity index (χ0) is 27.5. The number of carbonyl (C=O) groups excluding carboxylic acids is 3. The fraction of sp³-hybridized carbons (Fsp3) is 0.154. The average Bonchev–Trinajstić information content (AvgIpc) is 3.45. The Labute approximate surface area is 226 Å². The van der Waals surface area contributed by atoms with Crippen LogP contribution < -0.4 is 29.7 Å². The second-order valence-electron chi connectivity index (χ2n) is 7.34. The summed E-state index contributed by atoms with van der Waals surface area (Å²) >= 11 is 3.34. The van der Waals surface area contributed by atoms with Gasteiger partial charge in [0.05, 0.1) is 40.4 Å². The number of hydrogen-bond acceptors (Lipinski definition) is 9. The number of nitrogens with zero attached hydrogens (tertiary/aromatic N) is 1. The first-order chi connectivity index (χ1) is 18.3. The van der Waals surface area contributed by atoms with Crippen LogP contribution in [-0.4, -0.2) is 51.9 Å². The predicted octanol–water partition coefficient (Wildman–Crippen LogP) is 3.57. The van der Waals surface area contributed by atoms with E-state index in [0.717, 1.165) is 0 Å². The number of nitrogens with one attached hydrogen (secondary N) is 2. The molecule has 1 aromatic heterocycles. The zero-order valence-corrected chi connectivity index (χ0v) is 22.2. The van der Waals surface area contributed by atoms with E-state index in [1.807, 2.05) is 0 Å². The maximum absolute atomic E-state index is 12.5. The number of furan rings is 1. The van der Waals surface area contributed by atoms with Crippen molar-refractivity contribution in [1.82, 2.24) is 10.7 Å². The van der Waals surface area contributed by atoms with Crippen molar-refractivity contribution in [2.75, 3.05) is 27.9 Å². The van der Waals surface area contributed by atoms with Crippen molar-refractivity contribution >= 4 is 46.0 Å². The summed E-state index contributed by atoms with van der Waals surface area (Å²) in [5.74, 6) is -0.0949. The Hall–Kier alpha value is -4.58. The lowest BCUT2D eigenvalue weighted by atomic mass is 10.1. The minimum atomic E-state index is -0.628. The summed E-state index contributed by atoms with van der Waals surface area (Å²) in [5.41, 5.74) is 2.93. The van der Waals surface area contributed by atoms with Crippen molar-refractivity contribution in [2.45, 2.75) is 0 Å². The fourth-order valence-electron chi connectivity index (χ4n) is 3.08. The maximum Gasteiger partial charge on any atom is 0.336 e. The second-order valence-corrected chi connectivity index (χ2v) is 8.26. The summed E-state index contributed by atoms with van der Waals surface area (Å²) in [5, 5.41) is 6.38. The highest BCUT2D eigenvalue weighted by Gasteiger charge is 2.17. The average molecular weight is 586 g/mol. The molecule has 0 aliphatic rings. The third-order valence-corrected chi connectivity index (χ3v) is 5.33. The first-order valence-corrected chi connectivity index (χ1v) is 11.8. The summed E-state index contributed by atoms with van der Waals surface area (Å²) in [6.45, 7) is -0.356. The third-order valence-electron chi connectivity index (χ3n) is 4.84. The van der Waals surface area contributed by atoms with Crippen molar-refractivity contribution in [3.05, 3.63) is 76.2 Å². The molecule has 11 nitrogen and oxygen atoms in total. The summed E-state index contributed by atoms with van der Waals surface area (Å²) in [6, 6.07) is 11.2.